The van der Waals surface area contributed by atoms with Gasteiger partial charge in [-0.1, -0.05) is 12.1 Å². The quantitative estimate of drug-likeness (QED) is 0.829. The fraction of sp³-hybridized carbons (Fsp3) is 0.471. The molecule has 0 N–H and O–H groups in total. The highest BCUT2D eigenvalue weighted by Gasteiger charge is 2.39. The first-order valence-electron chi connectivity index (χ1n) is 8.18. The van der Waals surface area contributed by atoms with Crippen molar-refractivity contribution >= 4 is 5.91 Å². The van der Waals surface area contributed by atoms with Crippen molar-refractivity contribution in [2.75, 3.05) is 20.2 Å². The topological polar surface area (TPSA) is 68.5 Å². The summed E-state index contributed by atoms with van der Waals surface area (Å²) in [6.07, 6.45) is -3.20. The van der Waals surface area contributed by atoms with E-state index in [0.717, 1.165) is 5.56 Å². The van der Waals surface area contributed by atoms with Gasteiger partial charge in [-0.15, -0.1) is 10.2 Å². The number of rotatable bonds is 4. The molecule has 1 aromatic carbocycles. The third-order valence-corrected chi connectivity index (χ3v) is 4.30. The average Bonchev–Trinajstić information content (AvgIpc) is 3.12. The van der Waals surface area contributed by atoms with Gasteiger partial charge in [0.15, 0.2) is 0 Å². The molecular formula is C17H18F3N3O3. The Kier molecular flexibility index (Phi) is 5.15. The molecule has 6 nitrogen and oxygen atoms in total. The predicted octanol–water partition coefficient (Wildman–Crippen LogP) is 3.05. The Bertz CT molecular complexity index is 776. The fourth-order valence-corrected chi connectivity index (χ4v) is 2.99. The molecule has 1 fully saturated rings. The third-order valence-electron chi connectivity index (χ3n) is 4.30. The summed E-state index contributed by atoms with van der Waals surface area (Å²) in [6, 6.07) is 7.21. The molecule has 9 heteroatoms. The number of halogens is 3. The van der Waals surface area contributed by atoms with Gasteiger partial charge in [-0.05, 0) is 30.5 Å². The largest absolute Gasteiger partial charge is 0.497 e. The van der Waals surface area contributed by atoms with Gasteiger partial charge in [0.25, 0.3) is 0 Å². The summed E-state index contributed by atoms with van der Waals surface area (Å²) >= 11 is 0. The zero-order chi connectivity index (χ0) is 18.7. The summed E-state index contributed by atoms with van der Waals surface area (Å²) < 4.78 is 47.7. The van der Waals surface area contributed by atoms with Gasteiger partial charge in [-0.25, -0.2) is 0 Å². The molecule has 1 aliphatic rings. The lowest BCUT2D eigenvalue weighted by atomic mass is 9.97. The average molecular weight is 369 g/mol. The zero-order valence-electron chi connectivity index (χ0n) is 14.1. The van der Waals surface area contributed by atoms with E-state index in [0.29, 0.717) is 25.1 Å². The molecule has 140 valence electrons. The highest BCUT2D eigenvalue weighted by molar-refractivity contribution is 5.79. The van der Waals surface area contributed by atoms with E-state index in [9.17, 15) is 18.0 Å². The number of hydrogen-bond donors (Lipinski definition) is 0. The second kappa shape index (κ2) is 7.35. The number of nitrogens with zero attached hydrogens (tertiary/aromatic N) is 3. The first kappa shape index (κ1) is 18.2. The van der Waals surface area contributed by atoms with E-state index in [1.807, 2.05) is 6.07 Å². The number of aromatic nitrogens is 2. The number of carbonyl (C=O) groups is 1. The van der Waals surface area contributed by atoms with E-state index in [1.165, 1.54) is 0 Å². The van der Waals surface area contributed by atoms with Crippen LogP contribution in [-0.2, 0) is 17.4 Å². The summed E-state index contributed by atoms with van der Waals surface area (Å²) in [5.74, 6) is -1.25. The smallest absolute Gasteiger partial charge is 0.470 e. The fourth-order valence-electron chi connectivity index (χ4n) is 2.99. The lowest BCUT2D eigenvalue weighted by Crippen LogP contribution is -2.40. The number of amides is 1. The van der Waals surface area contributed by atoms with Crippen molar-refractivity contribution in [2.45, 2.75) is 31.4 Å². The Hall–Kier alpha value is -2.58. The van der Waals surface area contributed by atoms with Crippen LogP contribution in [0.25, 0.3) is 0 Å². The van der Waals surface area contributed by atoms with E-state index in [2.05, 4.69) is 10.2 Å². The van der Waals surface area contributed by atoms with E-state index < -0.39 is 12.1 Å². The first-order chi connectivity index (χ1) is 12.4. The van der Waals surface area contributed by atoms with Crippen molar-refractivity contribution < 1.29 is 27.1 Å². The van der Waals surface area contributed by atoms with Crippen LogP contribution in [0.1, 0.15) is 36.1 Å². The molecule has 1 aromatic heterocycles. The van der Waals surface area contributed by atoms with Crippen LogP contribution in [0.3, 0.4) is 0 Å². The minimum atomic E-state index is -4.66. The molecule has 0 bridgehead atoms. The van der Waals surface area contributed by atoms with Gasteiger partial charge in [0.1, 0.15) is 5.75 Å². The Balaban J connectivity index is 1.66. The molecular weight excluding hydrogens is 351 g/mol. The minimum absolute atomic E-state index is 0.0730. The maximum absolute atomic E-state index is 12.6. The van der Waals surface area contributed by atoms with Gasteiger partial charge < -0.3 is 14.1 Å². The number of benzene rings is 1. The second-order valence-corrected chi connectivity index (χ2v) is 6.15. The van der Waals surface area contributed by atoms with Crippen LogP contribution < -0.4 is 4.74 Å². The summed E-state index contributed by atoms with van der Waals surface area (Å²) in [5.41, 5.74) is 0.814. The van der Waals surface area contributed by atoms with Crippen LogP contribution in [-0.4, -0.2) is 41.2 Å². The highest BCUT2D eigenvalue weighted by Crippen LogP contribution is 2.32. The molecule has 1 saturated heterocycles. The number of likely N-dealkylation sites (tertiary alicyclic amines) is 1. The lowest BCUT2D eigenvalue weighted by molar-refractivity contribution is -0.157. The molecule has 0 radical (unpaired) electrons. The molecule has 0 saturated carbocycles. The Labute approximate surface area is 148 Å². The molecule has 0 spiro atoms. The Morgan fingerprint density at radius 1 is 1.38 bits per heavy atom. The van der Waals surface area contributed by atoms with Crippen LogP contribution in [0.2, 0.25) is 0 Å². The molecule has 26 heavy (non-hydrogen) atoms. The number of hydrogen-bond acceptors (Lipinski definition) is 5. The SMILES string of the molecule is COc1cccc(CC(=O)N2CCCC(c3nnc(C(F)(F)F)o3)C2)c1. The normalized spacial score (nSPS) is 18.0. The van der Waals surface area contributed by atoms with Gasteiger partial charge >= 0.3 is 12.1 Å². The van der Waals surface area contributed by atoms with Crippen molar-refractivity contribution in [3.05, 3.63) is 41.6 Å². The predicted molar refractivity (Wildman–Crippen MR) is 84.6 cm³/mol. The first-order valence-corrected chi connectivity index (χ1v) is 8.18. The van der Waals surface area contributed by atoms with Crippen molar-refractivity contribution in [1.82, 2.24) is 15.1 Å². The number of alkyl halides is 3. The van der Waals surface area contributed by atoms with Crippen molar-refractivity contribution in [2.24, 2.45) is 0 Å². The summed E-state index contributed by atoms with van der Waals surface area (Å²) in [7, 11) is 1.55. The van der Waals surface area contributed by atoms with Crippen molar-refractivity contribution in [3.8, 4) is 5.75 Å². The van der Waals surface area contributed by atoms with E-state index in [-0.39, 0.29) is 30.7 Å². The van der Waals surface area contributed by atoms with Crippen LogP contribution in [0.5, 0.6) is 5.75 Å². The van der Waals surface area contributed by atoms with Crippen LogP contribution >= 0.6 is 0 Å². The maximum Gasteiger partial charge on any atom is 0.470 e. The van der Waals surface area contributed by atoms with E-state index in [1.54, 1.807) is 30.2 Å². The minimum Gasteiger partial charge on any atom is -0.497 e. The molecule has 1 unspecified atom stereocenters. The number of carbonyl (C=O) groups excluding carboxylic acids is 1. The van der Waals surface area contributed by atoms with Crippen LogP contribution in [0.4, 0.5) is 13.2 Å². The van der Waals surface area contributed by atoms with E-state index >= 15 is 0 Å². The van der Waals surface area contributed by atoms with Crippen LogP contribution in [0.15, 0.2) is 28.7 Å². The number of piperidine rings is 1. The molecule has 2 aromatic rings. The standard InChI is InChI=1S/C17H18F3N3O3/c1-25-13-6-2-4-11(8-13)9-14(24)23-7-3-5-12(10-23)15-21-22-16(26-15)17(18,19)20/h2,4,6,8,12H,3,5,7,9-10H2,1H3. The number of methoxy groups -OCH3 is 1. The van der Waals surface area contributed by atoms with Gasteiger partial charge in [0.2, 0.25) is 11.8 Å². The maximum atomic E-state index is 12.6. The molecule has 1 atom stereocenters. The number of ether oxygens (including phenoxy) is 1. The molecule has 1 amide bonds. The molecule has 0 aliphatic carbocycles. The van der Waals surface area contributed by atoms with Crippen LogP contribution in [0, 0.1) is 0 Å². The monoisotopic (exact) mass is 369 g/mol. The highest BCUT2D eigenvalue weighted by atomic mass is 19.4. The Morgan fingerprint density at radius 2 is 2.19 bits per heavy atom. The molecule has 2 heterocycles. The Morgan fingerprint density at radius 3 is 2.88 bits per heavy atom. The van der Waals surface area contributed by atoms with Crippen molar-refractivity contribution in [1.29, 1.82) is 0 Å². The van der Waals surface area contributed by atoms with Gasteiger partial charge in [0, 0.05) is 13.1 Å². The van der Waals surface area contributed by atoms with Crippen molar-refractivity contribution in [3.63, 3.8) is 0 Å². The summed E-state index contributed by atoms with van der Waals surface area (Å²) in [4.78, 5) is 14.2. The molecule has 3 rings (SSSR count). The zero-order valence-corrected chi connectivity index (χ0v) is 14.1. The summed E-state index contributed by atoms with van der Waals surface area (Å²) in [5, 5.41) is 6.58. The van der Waals surface area contributed by atoms with Gasteiger partial charge in [0.05, 0.1) is 19.4 Å². The van der Waals surface area contributed by atoms with Gasteiger partial charge in [-0.2, -0.15) is 13.2 Å². The van der Waals surface area contributed by atoms with Gasteiger partial charge in [-0.3, -0.25) is 4.79 Å². The summed E-state index contributed by atoms with van der Waals surface area (Å²) in [6.45, 7) is 0.821. The molecule has 1 aliphatic heterocycles. The third kappa shape index (κ3) is 4.14. The van der Waals surface area contributed by atoms with E-state index in [4.69, 9.17) is 9.15 Å². The second-order valence-electron chi connectivity index (χ2n) is 6.15. The lowest BCUT2D eigenvalue weighted by Gasteiger charge is -2.31.